The van der Waals surface area contributed by atoms with Crippen molar-refractivity contribution < 1.29 is 19.4 Å². The average molecular weight is 674 g/mol. The molecule has 4 aromatic rings. The van der Waals surface area contributed by atoms with E-state index in [1.807, 2.05) is 115 Å². The van der Waals surface area contributed by atoms with Crippen LogP contribution in [-0.4, -0.2) is 42.2 Å². The lowest BCUT2D eigenvalue weighted by Gasteiger charge is -2.30. The van der Waals surface area contributed by atoms with Crippen LogP contribution in [0.2, 0.25) is 5.02 Å². The standard InChI is InChI=1S/C36H34BrClN2O4/c37-31-15-6-5-14-30(31)33-36(22-8-12-26-10-2-1-3-11-26,35(42)39-23-21-27-13-4-7-16-32(27)38)40-34(44-33)28-17-19-29(20-18-28)43-25-9-24-41/h1-8,10-20,33,41H,9,21-25H2,(H,39,42)/b12-8+/t33-,36-/m1/s1. The van der Waals surface area contributed by atoms with Crippen molar-refractivity contribution in [2.75, 3.05) is 19.8 Å². The Morgan fingerprint density at radius 2 is 1.73 bits per heavy atom. The molecule has 0 aliphatic carbocycles. The van der Waals surface area contributed by atoms with Crippen LogP contribution in [-0.2, 0) is 16.0 Å². The summed E-state index contributed by atoms with van der Waals surface area (Å²) in [5.41, 5.74) is 2.25. The second kappa shape index (κ2) is 15.2. The number of halogens is 2. The van der Waals surface area contributed by atoms with Crippen LogP contribution in [0.4, 0.5) is 0 Å². The van der Waals surface area contributed by atoms with Crippen molar-refractivity contribution in [1.29, 1.82) is 0 Å². The van der Waals surface area contributed by atoms with Crippen LogP contribution in [0.25, 0.3) is 6.08 Å². The number of carbonyl (C=O) groups excluding carboxylic acids is 1. The number of amides is 1. The molecule has 0 unspecified atom stereocenters. The van der Waals surface area contributed by atoms with E-state index < -0.39 is 11.6 Å². The van der Waals surface area contributed by atoms with Crippen molar-refractivity contribution in [3.8, 4) is 5.75 Å². The molecule has 4 aromatic carbocycles. The fourth-order valence-electron chi connectivity index (χ4n) is 5.08. The summed E-state index contributed by atoms with van der Waals surface area (Å²) >= 11 is 10.1. The summed E-state index contributed by atoms with van der Waals surface area (Å²) in [5.74, 6) is 0.821. The zero-order valence-electron chi connectivity index (χ0n) is 24.2. The maximum absolute atomic E-state index is 14.3. The molecule has 1 heterocycles. The highest BCUT2D eigenvalue weighted by atomic mass is 79.9. The van der Waals surface area contributed by atoms with Gasteiger partial charge in [0, 0.05) is 46.6 Å². The molecule has 0 radical (unpaired) electrons. The van der Waals surface area contributed by atoms with Crippen LogP contribution in [0.15, 0.2) is 119 Å². The summed E-state index contributed by atoms with van der Waals surface area (Å²) in [6.45, 7) is 0.878. The molecule has 0 bridgehead atoms. The minimum atomic E-state index is -1.29. The summed E-state index contributed by atoms with van der Waals surface area (Å²) in [6, 6.07) is 32.8. The number of benzene rings is 4. The first-order chi connectivity index (χ1) is 21.5. The van der Waals surface area contributed by atoms with E-state index in [-0.39, 0.29) is 12.5 Å². The van der Waals surface area contributed by atoms with Crippen molar-refractivity contribution in [3.05, 3.63) is 141 Å². The first kappa shape index (κ1) is 31.5. The molecular formula is C36H34BrClN2O4. The first-order valence-corrected chi connectivity index (χ1v) is 15.8. The molecule has 1 aliphatic rings. The average Bonchev–Trinajstić information content (AvgIpc) is 3.43. The van der Waals surface area contributed by atoms with Gasteiger partial charge in [-0.3, -0.25) is 4.79 Å². The molecule has 2 N–H and O–H groups in total. The number of aliphatic hydroxyl groups is 1. The van der Waals surface area contributed by atoms with E-state index in [2.05, 4.69) is 21.2 Å². The fraction of sp³-hybridized carbons (Fsp3) is 0.222. The van der Waals surface area contributed by atoms with E-state index >= 15 is 0 Å². The van der Waals surface area contributed by atoms with E-state index in [0.29, 0.717) is 49.1 Å². The van der Waals surface area contributed by atoms with Gasteiger partial charge in [0.05, 0.1) is 6.61 Å². The van der Waals surface area contributed by atoms with Crippen molar-refractivity contribution in [1.82, 2.24) is 5.32 Å². The third-order valence-corrected chi connectivity index (χ3v) is 8.49. The minimum Gasteiger partial charge on any atom is -0.494 e. The Morgan fingerprint density at radius 3 is 2.48 bits per heavy atom. The predicted molar refractivity (Wildman–Crippen MR) is 179 cm³/mol. The van der Waals surface area contributed by atoms with E-state index in [1.165, 1.54) is 0 Å². The Kier molecular flexibility index (Phi) is 10.9. The lowest BCUT2D eigenvalue weighted by Crippen LogP contribution is -2.48. The van der Waals surface area contributed by atoms with Crippen LogP contribution in [0, 0.1) is 0 Å². The van der Waals surface area contributed by atoms with Gasteiger partial charge in [-0.25, -0.2) is 4.99 Å². The van der Waals surface area contributed by atoms with Gasteiger partial charge in [-0.05, 0) is 53.9 Å². The van der Waals surface area contributed by atoms with E-state index in [1.54, 1.807) is 0 Å². The third kappa shape index (κ3) is 7.59. The Bertz CT molecular complexity index is 1610. The second-order valence-electron chi connectivity index (χ2n) is 10.4. The molecule has 0 fully saturated rings. The lowest BCUT2D eigenvalue weighted by molar-refractivity contribution is -0.128. The monoisotopic (exact) mass is 672 g/mol. The zero-order valence-corrected chi connectivity index (χ0v) is 26.5. The maximum atomic E-state index is 14.3. The quantitative estimate of drug-likeness (QED) is 0.144. The first-order valence-electron chi connectivity index (χ1n) is 14.6. The summed E-state index contributed by atoms with van der Waals surface area (Å²) in [5, 5.41) is 12.9. The SMILES string of the molecule is O=C(NCCc1ccccc1Cl)[C@]1(C/C=C/c2ccccc2)N=C(c2ccc(OCCCO)cc2)O[C@@H]1c1ccccc1Br. The predicted octanol–water partition coefficient (Wildman–Crippen LogP) is 7.58. The van der Waals surface area contributed by atoms with Gasteiger partial charge in [-0.2, -0.15) is 0 Å². The third-order valence-electron chi connectivity index (χ3n) is 7.39. The molecular weight excluding hydrogens is 640 g/mol. The summed E-state index contributed by atoms with van der Waals surface area (Å²) < 4.78 is 13.1. The molecule has 0 saturated heterocycles. The molecule has 6 nitrogen and oxygen atoms in total. The number of rotatable bonds is 13. The number of hydrogen-bond acceptors (Lipinski definition) is 5. The highest BCUT2D eigenvalue weighted by Gasteiger charge is 2.53. The molecule has 0 spiro atoms. The number of hydrogen-bond donors (Lipinski definition) is 2. The molecule has 1 amide bonds. The van der Waals surface area contributed by atoms with E-state index in [9.17, 15) is 4.79 Å². The van der Waals surface area contributed by atoms with Gasteiger partial charge >= 0.3 is 0 Å². The van der Waals surface area contributed by atoms with Gasteiger partial charge in [0.2, 0.25) is 5.90 Å². The molecule has 226 valence electrons. The lowest BCUT2D eigenvalue weighted by atomic mass is 9.84. The molecule has 5 rings (SSSR count). The van der Waals surface area contributed by atoms with Gasteiger partial charge in [0.25, 0.3) is 5.91 Å². The maximum Gasteiger partial charge on any atom is 0.252 e. The second-order valence-corrected chi connectivity index (χ2v) is 11.7. The van der Waals surface area contributed by atoms with Crippen molar-refractivity contribution >= 4 is 45.4 Å². The van der Waals surface area contributed by atoms with Crippen LogP contribution >= 0.6 is 27.5 Å². The Morgan fingerprint density at radius 1 is 1.00 bits per heavy atom. The highest BCUT2D eigenvalue weighted by Crippen LogP contribution is 2.45. The van der Waals surface area contributed by atoms with Crippen LogP contribution in [0.3, 0.4) is 0 Å². The van der Waals surface area contributed by atoms with E-state index in [0.717, 1.165) is 26.7 Å². The minimum absolute atomic E-state index is 0.0699. The molecule has 8 heteroatoms. The molecule has 1 aliphatic heterocycles. The fourth-order valence-corrected chi connectivity index (χ4v) is 5.81. The molecule has 2 atom stereocenters. The summed E-state index contributed by atoms with van der Waals surface area (Å²) in [4.78, 5) is 19.4. The highest BCUT2D eigenvalue weighted by molar-refractivity contribution is 9.10. The number of ether oxygens (including phenoxy) is 2. The van der Waals surface area contributed by atoms with Gasteiger partial charge in [-0.15, -0.1) is 0 Å². The Hall–Kier alpha value is -3.91. The van der Waals surface area contributed by atoms with Crippen LogP contribution in [0.1, 0.15) is 41.2 Å². The van der Waals surface area contributed by atoms with Crippen LogP contribution in [0.5, 0.6) is 5.75 Å². The largest absolute Gasteiger partial charge is 0.494 e. The Labute approximate surface area is 271 Å². The summed E-state index contributed by atoms with van der Waals surface area (Å²) in [7, 11) is 0. The van der Waals surface area contributed by atoms with Gasteiger partial charge in [0.1, 0.15) is 5.75 Å². The number of aliphatic imine (C=N–C) groups is 1. The number of carbonyl (C=O) groups is 1. The summed E-state index contributed by atoms with van der Waals surface area (Å²) in [6.07, 6.45) is 4.72. The van der Waals surface area contributed by atoms with Crippen molar-refractivity contribution in [2.24, 2.45) is 4.99 Å². The van der Waals surface area contributed by atoms with Gasteiger partial charge in [0.15, 0.2) is 11.6 Å². The van der Waals surface area contributed by atoms with Gasteiger partial charge < -0.3 is 19.9 Å². The Balaban J connectivity index is 1.50. The normalized spacial score (nSPS) is 17.7. The smallest absolute Gasteiger partial charge is 0.252 e. The van der Waals surface area contributed by atoms with Crippen LogP contribution < -0.4 is 10.1 Å². The topological polar surface area (TPSA) is 80.2 Å². The van der Waals surface area contributed by atoms with E-state index in [4.69, 9.17) is 31.2 Å². The van der Waals surface area contributed by atoms with Crippen molar-refractivity contribution in [2.45, 2.75) is 30.9 Å². The van der Waals surface area contributed by atoms with Crippen molar-refractivity contribution in [3.63, 3.8) is 0 Å². The number of nitrogens with one attached hydrogen (secondary N) is 1. The number of aliphatic hydroxyl groups excluding tert-OH is 1. The van der Waals surface area contributed by atoms with Gasteiger partial charge in [-0.1, -0.05) is 106 Å². The number of nitrogens with zero attached hydrogens (tertiary/aromatic N) is 1. The molecule has 0 aromatic heterocycles. The molecule has 44 heavy (non-hydrogen) atoms. The molecule has 0 saturated carbocycles. The zero-order chi connectivity index (χ0) is 30.8.